The molecule has 0 spiro atoms. The lowest BCUT2D eigenvalue weighted by molar-refractivity contribution is -0.130. The van der Waals surface area contributed by atoms with Crippen LogP contribution in [0.1, 0.15) is 19.3 Å². The Morgan fingerprint density at radius 1 is 1.36 bits per heavy atom. The van der Waals surface area contributed by atoms with Gasteiger partial charge < -0.3 is 14.9 Å². The first kappa shape index (κ1) is 9.93. The van der Waals surface area contributed by atoms with E-state index in [0.717, 1.165) is 25.9 Å². The zero-order valence-corrected chi connectivity index (χ0v) is 8.65. The van der Waals surface area contributed by atoms with E-state index in [-0.39, 0.29) is 5.91 Å². The summed E-state index contributed by atoms with van der Waals surface area (Å²) < 4.78 is 0. The molecule has 2 aliphatic heterocycles. The van der Waals surface area contributed by atoms with E-state index in [1.165, 1.54) is 0 Å². The summed E-state index contributed by atoms with van der Waals surface area (Å²) in [4.78, 5) is 15.7. The second kappa shape index (κ2) is 3.87. The normalized spacial score (nSPS) is 31.4. The lowest BCUT2D eigenvalue weighted by Gasteiger charge is -2.34. The molecule has 2 aliphatic rings. The van der Waals surface area contributed by atoms with Crippen molar-refractivity contribution in [3.63, 3.8) is 0 Å². The van der Waals surface area contributed by atoms with Gasteiger partial charge in [-0.15, -0.1) is 0 Å². The van der Waals surface area contributed by atoms with Crippen molar-refractivity contribution in [1.82, 2.24) is 9.80 Å². The molecule has 2 saturated heterocycles. The van der Waals surface area contributed by atoms with E-state index in [1.54, 1.807) is 0 Å². The first-order valence-corrected chi connectivity index (χ1v) is 5.33. The van der Waals surface area contributed by atoms with Gasteiger partial charge >= 0.3 is 0 Å². The van der Waals surface area contributed by atoms with Gasteiger partial charge in [-0.25, -0.2) is 0 Å². The number of hydrogen-bond donors (Lipinski definition) is 1. The van der Waals surface area contributed by atoms with Crippen LogP contribution in [0.5, 0.6) is 0 Å². The van der Waals surface area contributed by atoms with Crippen LogP contribution in [0.25, 0.3) is 0 Å². The van der Waals surface area contributed by atoms with Crippen LogP contribution >= 0.6 is 0 Å². The van der Waals surface area contributed by atoms with Crippen molar-refractivity contribution >= 4 is 5.91 Å². The molecular weight excluding hydrogens is 180 g/mol. The predicted octanol–water partition coefficient (Wildman–Crippen LogP) is -0.326. The van der Waals surface area contributed by atoms with E-state index >= 15 is 0 Å². The van der Waals surface area contributed by atoms with Gasteiger partial charge in [-0.1, -0.05) is 0 Å². The average molecular weight is 198 g/mol. The molecule has 2 heterocycles. The molecule has 1 N–H and O–H groups in total. The highest BCUT2D eigenvalue weighted by atomic mass is 16.3. The summed E-state index contributed by atoms with van der Waals surface area (Å²) in [7, 11) is 2.11. The molecule has 0 saturated carbocycles. The van der Waals surface area contributed by atoms with Gasteiger partial charge in [0.15, 0.2) is 0 Å². The molecule has 14 heavy (non-hydrogen) atoms. The number of hydrogen-bond acceptors (Lipinski definition) is 3. The van der Waals surface area contributed by atoms with E-state index in [0.29, 0.717) is 19.0 Å². The Balaban J connectivity index is 1.92. The smallest absolute Gasteiger partial charge is 0.225 e. The Morgan fingerprint density at radius 2 is 2.00 bits per heavy atom. The van der Waals surface area contributed by atoms with Crippen LogP contribution in [0.15, 0.2) is 0 Å². The summed E-state index contributed by atoms with van der Waals surface area (Å²) in [6, 6.07) is 0.371. The molecule has 0 aromatic heterocycles. The Morgan fingerprint density at radius 3 is 2.50 bits per heavy atom. The van der Waals surface area contributed by atoms with Crippen LogP contribution in [0.4, 0.5) is 0 Å². The highest BCUT2D eigenvalue weighted by Crippen LogP contribution is 2.21. The maximum atomic E-state index is 11.5. The van der Waals surface area contributed by atoms with E-state index in [2.05, 4.69) is 11.9 Å². The Labute approximate surface area is 84.5 Å². The largest absolute Gasteiger partial charge is 0.391 e. The van der Waals surface area contributed by atoms with Crippen molar-refractivity contribution in [2.75, 3.05) is 26.7 Å². The molecule has 0 bridgehead atoms. The zero-order chi connectivity index (χ0) is 10.1. The lowest BCUT2D eigenvalue weighted by Crippen LogP contribution is -2.44. The number of likely N-dealkylation sites (tertiary alicyclic amines) is 2. The third kappa shape index (κ3) is 1.91. The minimum absolute atomic E-state index is 0.132. The van der Waals surface area contributed by atoms with Crippen LogP contribution in [-0.4, -0.2) is 59.6 Å². The highest BCUT2D eigenvalue weighted by Gasteiger charge is 2.34. The quantitative estimate of drug-likeness (QED) is 0.627. The maximum Gasteiger partial charge on any atom is 0.225 e. The molecule has 0 radical (unpaired) electrons. The van der Waals surface area contributed by atoms with Crippen LogP contribution in [-0.2, 0) is 4.79 Å². The van der Waals surface area contributed by atoms with Gasteiger partial charge in [0.05, 0.1) is 12.5 Å². The Hall–Kier alpha value is -0.610. The molecule has 2 rings (SSSR count). The molecule has 80 valence electrons. The summed E-state index contributed by atoms with van der Waals surface area (Å²) in [6.07, 6.45) is 2.00. The fraction of sp³-hybridized carbons (Fsp3) is 0.900. The van der Waals surface area contributed by atoms with Gasteiger partial charge in [0.1, 0.15) is 0 Å². The summed E-state index contributed by atoms with van der Waals surface area (Å²) in [5.41, 5.74) is 0. The summed E-state index contributed by atoms with van der Waals surface area (Å²) in [5, 5.41) is 9.38. The minimum Gasteiger partial charge on any atom is -0.391 e. The number of piperidine rings is 1. The third-order valence-electron chi connectivity index (χ3n) is 3.27. The summed E-state index contributed by atoms with van der Waals surface area (Å²) >= 11 is 0. The van der Waals surface area contributed by atoms with Gasteiger partial charge in [0.2, 0.25) is 5.91 Å². The second-order valence-electron chi connectivity index (χ2n) is 4.44. The molecule has 0 aromatic carbocycles. The lowest BCUT2D eigenvalue weighted by atomic mass is 10.0. The second-order valence-corrected chi connectivity index (χ2v) is 4.44. The molecule has 4 heteroatoms. The minimum atomic E-state index is -0.429. The zero-order valence-electron chi connectivity index (χ0n) is 8.65. The number of aliphatic hydroxyl groups is 1. The van der Waals surface area contributed by atoms with Gasteiger partial charge in [-0.05, 0) is 33.0 Å². The SMILES string of the molecule is CN1CCC(N2CC(O)CC2=O)CC1. The number of nitrogens with zero attached hydrogens (tertiary/aromatic N) is 2. The Bertz CT molecular complexity index is 224. The van der Waals surface area contributed by atoms with E-state index in [1.807, 2.05) is 4.90 Å². The fourth-order valence-corrected chi connectivity index (χ4v) is 2.37. The molecule has 2 fully saturated rings. The van der Waals surface area contributed by atoms with Gasteiger partial charge in [-0.3, -0.25) is 4.79 Å². The molecule has 0 aromatic rings. The topological polar surface area (TPSA) is 43.8 Å². The number of aliphatic hydroxyl groups excluding tert-OH is 1. The van der Waals surface area contributed by atoms with Gasteiger partial charge in [-0.2, -0.15) is 0 Å². The Kier molecular flexibility index (Phi) is 2.74. The van der Waals surface area contributed by atoms with Crippen molar-refractivity contribution < 1.29 is 9.90 Å². The number of amides is 1. The van der Waals surface area contributed by atoms with E-state index in [4.69, 9.17) is 0 Å². The predicted molar refractivity (Wildman–Crippen MR) is 52.9 cm³/mol. The standard InChI is InChI=1S/C10H18N2O2/c1-11-4-2-8(3-5-11)12-7-9(13)6-10(12)14/h8-9,13H,2-7H2,1H3. The van der Waals surface area contributed by atoms with Crippen LogP contribution in [0, 0.1) is 0 Å². The molecule has 4 nitrogen and oxygen atoms in total. The fourth-order valence-electron chi connectivity index (χ4n) is 2.37. The summed E-state index contributed by atoms with van der Waals surface area (Å²) in [6.45, 7) is 2.67. The monoisotopic (exact) mass is 198 g/mol. The van der Waals surface area contributed by atoms with E-state index < -0.39 is 6.10 Å². The van der Waals surface area contributed by atoms with Crippen molar-refractivity contribution in [1.29, 1.82) is 0 Å². The summed E-state index contributed by atoms with van der Waals surface area (Å²) in [5.74, 6) is 0.132. The molecule has 1 unspecified atom stereocenters. The number of carbonyl (C=O) groups excluding carboxylic acids is 1. The van der Waals surface area contributed by atoms with Gasteiger partial charge in [0.25, 0.3) is 0 Å². The van der Waals surface area contributed by atoms with Crippen molar-refractivity contribution in [3.05, 3.63) is 0 Å². The first-order valence-electron chi connectivity index (χ1n) is 5.33. The average Bonchev–Trinajstić information content (AvgIpc) is 2.47. The van der Waals surface area contributed by atoms with Gasteiger partial charge in [0, 0.05) is 12.6 Å². The van der Waals surface area contributed by atoms with E-state index in [9.17, 15) is 9.90 Å². The van der Waals surface area contributed by atoms with Crippen LogP contribution in [0.3, 0.4) is 0 Å². The number of rotatable bonds is 1. The van der Waals surface area contributed by atoms with Crippen LogP contribution in [0.2, 0.25) is 0 Å². The first-order chi connectivity index (χ1) is 6.66. The molecule has 1 atom stereocenters. The van der Waals surface area contributed by atoms with Crippen molar-refractivity contribution in [2.24, 2.45) is 0 Å². The molecular formula is C10H18N2O2. The number of carbonyl (C=O) groups is 1. The van der Waals surface area contributed by atoms with Crippen molar-refractivity contribution in [3.8, 4) is 0 Å². The molecule has 0 aliphatic carbocycles. The highest BCUT2D eigenvalue weighted by molar-refractivity contribution is 5.79. The van der Waals surface area contributed by atoms with Crippen molar-refractivity contribution in [2.45, 2.75) is 31.4 Å². The number of β-amino-alcohol motifs (C(OH)–C–C–N with tert-alkyl or cyclic N) is 1. The maximum absolute atomic E-state index is 11.5. The van der Waals surface area contributed by atoms with Crippen LogP contribution < -0.4 is 0 Å². The third-order valence-corrected chi connectivity index (χ3v) is 3.27. The molecule has 1 amide bonds.